The lowest BCUT2D eigenvalue weighted by atomic mass is 10.2. The van der Waals surface area contributed by atoms with Crippen LogP contribution in [0.2, 0.25) is 0 Å². The van der Waals surface area contributed by atoms with E-state index in [1.165, 1.54) is 23.1 Å². The SMILES string of the molecule is CN(CCCC(=O)O)c1cccc(S(C)(=O)=O)c1[N+](=O)[O-]. The second-order valence-corrected chi connectivity index (χ2v) is 6.56. The van der Waals surface area contributed by atoms with E-state index in [0.29, 0.717) is 6.42 Å². The Balaban J connectivity index is 3.18. The molecule has 0 bridgehead atoms. The van der Waals surface area contributed by atoms with Crippen LogP contribution in [0, 0.1) is 10.1 Å². The highest BCUT2D eigenvalue weighted by atomic mass is 32.2. The third-order valence-electron chi connectivity index (χ3n) is 2.86. The number of benzene rings is 1. The van der Waals surface area contributed by atoms with Gasteiger partial charge in [-0.05, 0) is 18.6 Å². The zero-order valence-corrected chi connectivity index (χ0v) is 12.5. The topological polar surface area (TPSA) is 118 Å². The number of hydrogen-bond donors (Lipinski definition) is 1. The van der Waals surface area contributed by atoms with Crippen molar-refractivity contribution in [2.75, 3.05) is 24.7 Å². The molecule has 0 saturated heterocycles. The molecular weight excluding hydrogens is 300 g/mol. The standard InChI is InChI=1S/C12H16N2O6S/c1-13(8-4-7-11(15)16)9-5-3-6-10(21(2,19)20)12(9)14(17)18/h3,5-6H,4,7-8H2,1-2H3,(H,15,16). The first kappa shape index (κ1) is 16.9. The first-order chi connectivity index (χ1) is 9.64. The van der Waals surface area contributed by atoms with Gasteiger partial charge in [0.25, 0.3) is 0 Å². The third-order valence-corrected chi connectivity index (χ3v) is 3.98. The molecule has 0 unspecified atom stereocenters. The molecule has 1 aromatic carbocycles. The summed E-state index contributed by atoms with van der Waals surface area (Å²) in [6.07, 6.45) is 1.14. The Morgan fingerprint density at radius 2 is 2.05 bits per heavy atom. The van der Waals surface area contributed by atoms with E-state index in [1.54, 1.807) is 7.05 Å². The number of anilines is 1. The van der Waals surface area contributed by atoms with Gasteiger partial charge in [-0.2, -0.15) is 0 Å². The summed E-state index contributed by atoms with van der Waals surface area (Å²) in [7, 11) is -2.18. The van der Waals surface area contributed by atoms with Gasteiger partial charge in [-0.1, -0.05) is 6.07 Å². The Hall–Kier alpha value is -2.16. The minimum absolute atomic E-state index is 0.0656. The lowest BCUT2D eigenvalue weighted by molar-refractivity contribution is -0.387. The number of sulfone groups is 1. The summed E-state index contributed by atoms with van der Waals surface area (Å²) < 4.78 is 23.3. The quantitative estimate of drug-likeness (QED) is 0.595. The smallest absolute Gasteiger partial charge is 0.311 e. The summed E-state index contributed by atoms with van der Waals surface area (Å²) in [5.41, 5.74) is -0.342. The van der Waals surface area contributed by atoms with E-state index in [1.807, 2.05) is 0 Å². The maximum absolute atomic E-state index is 11.6. The average molecular weight is 316 g/mol. The molecule has 0 spiro atoms. The van der Waals surface area contributed by atoms with Crippen molar-refractivity contribution in [3.8, 4) is 0 Å². The normalized spacial score (nSPS) is 11.1. The van der Waals surface area contributed by atoms with Gasteiger partial charge < -0.3 is 10.0 Å². The van der Waals surface area contributed by atoms with Gasteiger partial charge in [0, 0.05) is 26.3 Å². The fraction of sp³-hybridized carbons (Fsp3) is 0.417. The molecule has 0 heterocycles. The van der Waals surface area contributed by atoms with Crippen molar-refractivity contribution in [3.63, 3.8) is 0 Å². The van der Waals surface area contributed by atoms with Crippen molar-refractivity contribution in [1.29, 1.82) is 0 Å². The molecule has 1 aromatic rings. The van der Waals surface area contributed by atoms with Crippen LogP contribution in [-0.4, -0.2) is 44.3 Å². The number of para-hydroxylation sites is 1. The highest BCUT2D eigenvalue weighted by Crippen LogP contribution is 2.34. The average Bonchev–Trinajstić information content (AvgIpc) is 2.36. The largest absolute Gasteiger partial charge is 0.481 e. The lowest BCUT2D eigenvalue weighted by Crippen LogP contribution is -2.21. The molecule has 1 rings (SSSR count). The summed E-state index contributed by atoms with van der Waals surface area (Å²) in [6.45, 7) is 0.264. The van der Waals surface area contributed by atoms with E-state index in [9.17, 15) is 23.3 Å². The maximum atomic E-state index is 11.6. The van der Waals surface area contributed by atoms with Crippen molar-refractivity contribution >= 4 is 27.2 Å². The van der Waals surface area contributed by atoms with E-state index in [-0.39, 0.29) is 23.5 Å². The minimum atomic E-state index is -3.73. The van der Waals surface area contributed by atoms with E-state index < -0.39 is 26.4 Å². The molecule has 0 aliphatic heterocycles. The van der Waals surface area contributed by atoms with E-state index in [4.69, 9.17) is 5.11 Å². The van der Waals surface area contributed by atoms with Gasteiger partial charge in [-0.25, -0.2) is 8.42 Å². The van der Waals surface area contributed by atoms with Gasteiger partial charge in [-0.3, -0.25) is 14.9 Å². The number of nitro groups is 1. The molecule has 0 saturated carbocycles. The highest BCUT2D eigenvalue weighted by molar-refractivity contribution is 7.90. The zero-order chi connectivity index (χ0) is 16.2. The molecule has 0 aromatic heterocycles. The molecule has 1 N–H and O–H groups in total. The molecule has 0 radical (unpaired) electrons. The second kappa shape index (κ2) is 6.53. The Labute approximate surface area is 122 Å². The van der Waals surface area contributed by atoms with Crippen LogP contribution in [-0.2, 0) is 14.6 Å². The Morgan fingerprint density at radius 3 is 2.52 bits per heavy atom. The van der Waals surface area contributed by atoms with Crippen LogP contribution >= 0.6 is 0 Å². The molecule has 21 heavy (non-hydrogen) atoms. The first-order valence-corrected chi connectivity index (χ1v) is 7.94. The number of hydrogen-bond acceptors (Lipinski definition) is 6. The van der Waals surface area contributed by atoms with Gasteiger partial charge in [0.1, 0.15) is 10.6 Å². The fourth-order valence-electron chi connectivity index (χ4n) is 1.89. The molecule has 8 nitrogen and oxygen atoms in total. The molecule has 116 valence electrons. The van der Waals surface area contributed by atoms with Gasteiger partial charge in [0.2, 0.25) is 0 Å². The summed E-state index contributed by atoms with van der Waals surface area (Å²) in [4.78, 5) is 22.1. The first-order valence-electron chi connectivity index (χ1n) is 6.05. The van der Waals surface area contributed by atoms with Crippen LogP contribution in [0.3, 0.4) is 0 Å². The molecule has 0 amide bonds. The van der Waals surface area contributed by atoms with Crippen molar-refractivity contribution < 1.29 is 23.2 Å². The van der Waals surface area contributed by atoms with E-state index >= 15 is 0 Å². The number of nitrogens with zero attached hydrogens (tertiary/aromatic N) is 2. The molecule has 0 aliphatic rings. The van der Waals surface area contributed by atoms with E-state index in [2.05, 4.69) is 0 Å². The number of nitro benzene ring substituents is 1. The second-order valence-electron chi connectivity index (χ2n) is 4.57. The van der Waals surface area contributed by atoms with Crippen molar-refractivity contribution in [1.82, 2.24) is 0 Å². The van der Waals surface area contributed by atoms with Gasteiger partial charge in [-0.15, -0.1) is 0 Å². The predicted octanol–water partition coefficient (Wildman–Crippen LogP) is 1.30. The molecule has 0 fully saturated rings. The van der Waals surface area contributed by atoms with Gasteiger partial charge in [0.15, 0.2) is 9.84 Å². The van der Waals surface area contributed by atoms with Crippen LogP contribution in [0.5, 0.6) is 0 Å². The maximum Gasteiger partial charge on any atom is 0.311 e. The van der Waals surface area contributed by atoms with Crippen molar-refractivity contribution in [2.24, 2.45) is 0 Å². The van der Waals surface area contributed by atoms with Crippen LogP contribution in [0.4, 0.5) is 11.4 Å². The molecular formula is C12H16N2O6S. The molecule has 0 atom stereocenters. The van der Waals surface area contributed by atoms with Crippen LogP contribution < -0.4 is 4.90 Å². The van der Waals surface area contributed by atoms with Crippen LogP contribution in [0.25, 0.3) is 0 Å². The Bertz CT molecular complexity index is 656. The number of aliphatic carboxylic acids is 1. The highest BCUT2D eigenvalue weighted by Gasteiger charge is 2.27. The van der Waals surface area contributed by atoms with Crippen LogP contribution in [0.15, 0.2) is 23.1 Å². The summed E-state index contributed by atoms with van der Waals surface area (Å²) in [5, 5.41) is 19.8. The summed E-state index contributed by atoms with van der Waals surface area (Å²) in [5.74, 6) is -0.956. The molecule has 0 aliphatic carbocycles. The van der Waals surface area contributed by atoms with Crippen molar-refractivity contribution in [2.45, 2.75) is 17.7 Å². The van der Waals surface area contributed by atoms with Gasteiger partial charge >= 0.3 is 11.7 Å². The minimum Gasteiger partial charge on any atom is -0.481 e. The third kappa shape index (κ3) is 4.42. The summed E-state index contributed by atoms with van der Waals surface area (Å²) >= 11 is 0. The Kier molecular flexibility index (Phi) is 5.25. The lowest BCUT2D eigenvalue weighted by Gasteiger charge is -2.19. The van der Waals surface area contributed by atoms with Crippen LogP contribution in [0.1, 0.15) is 12.8 Å². The monoisotopic (exact) mass is 316 g/mol. The van der Waals surface area contributed by atoms with Gasteiger partial charge in [0.05, 0.1) is 4.92 Å². The summed E-state index contributed by atoms with van der Waals surface area (Å²) in [6, 6.07) is 4.04. The predicted molar refractivity (Wildman–Crippen MR) is 76.3 cm³/mol. The number of carboxylic acids is 1. The van der Waals surface area contributed by atoms with E-state index in [0.717, 1.165) is 6.26 Å². The number of rotatable bonds is 7. The zero-order valence-electron chi connectivity index (χ0n) is 11.6. The fourth-order valence-corrected chi connectivity index (χ4v) is 2.75. The van der Waals surface area contributed by atoms with Crippen molar-refractivity contribution in [3.05, 3.63) is 28.3 Å². The Morgan fingerprint density at radius 1 is 1.43 bits per heavy atom. The number of carbonyl (C=O) groups is 1. The molecule has 9 heteroatoms. The number of carboxylic acid groups (broad SMARTS) is 1.